The van der Waals surface area contributed by atoms with Crippen molar-refractivity contribution in [1.82, 2.24) is 0 Å². The van der Waals surface area contributed by atoms with Gasteiger partial charge in [0.1, 0.15) is 7.85 Å². The molecule has 5 heavy (non-hydrogen) atoms. The molecule has 2 radical (unpaired) electrons. The van der Waals surface area contributed by atoms with E-state index in [1.165, 1.54) is 0 Å². The van der Waals surface area contributed by atoms with Crippen molar-refractivity contribution in [1.29, 1.82) is 0 Å². The van der Waals surface area contributed by atoms with Crippen molar-refractivity contribution in [3.63, 3.8) is 0 Å². The highest BCUT2D eigenvalue weighted by molar-refractivity contribution is 6.10. The molecular formula is C3H6BF. The van der Waals surface area contributed by atoms with Gasteiger partial charge in [0.05, 0.1) is 6.07 Å². The zero-order valence-corrected chi connectivity index (χ0v) is 3.24. The summed E-state index contributed by atoms with van der Waals surface area (Å²) < 4.78 is 11.2. The Morgan fingerprint density at radius 2 is 2.20 bits per heavy atom. The first-order chi connectivity index (χ1) is 2.27. The molecule has 0 fully saturated rings. The Morgan fingerprint density at radius 1 is 2.00 bits per heavy atom. The monoisotopic (exact) mass is 72.1 g/mol. The third-order valence-electron chi connectivity index (χ3n) is 0.390. The molecular weight excluding hydrogens is 65.8 g/mol. The Morgan fingerprint density at radius 3 is 2.20 bits per heavy atom. The summed E-state index contributed by atoms with van der Waals surface area (Å²) in [6.45, 7) is 1.70. The van der Waals surface area contributed by atoms with Crippen LogP contribution in [0.25, 0.3) is 0 Å². The Kier molecular flexibility index (Phi) is 2.24. The van der Waals surface area contributed by atoms with Gasteiger partial charge < -0.3 is 0 Å². The highest BCUT2D eigenvalue weighted by Crippen LogP contribution is 1.85. The summed E-state index contributed by atoms with van der Waals surface area (Å²) in [5.74, 6) is 0. The van der Waals surface area contributed by atoms with Crippen molar-refractivity contribution in [2.45, 2.75) is 19.4 Å². The number of alkyl halides is 1. The van der Waals surface area contributed by atoms with Crippen LogP contribution in [0.5, 0.6) is 0 Å². The van der Waals surface area contributed by atoms with Gasteiger partial charge in [-0.3, -0.25) is 4.39 Å². The molecule has 0 bridgehead atoms. The van der Waals surface area contributed by atoms with Crippen molar-refractivity contribution in [3.8, 4) is 0 Å². The summed E-state index contributed by atoms with van der Waals surface area (Å²) in [6.07, 6.45) is -0.699. The van der Waals surface area contributed by atoms with Gasteiger partial charge in [-0.25, -0.2) is 0 Å². The van der Waals surface area contributed by atoms with E-state index in [0.717, 1.165) is 0 Å². The van der Waals surface area contributed by atoms with E-state index < -0.39 is 6.07 Å². The molecule has 0 nitrogen and oxygen atoms in total. The van der Waals surface area contributed by atoms with Crippen molar-refractivity contribution >= 4 is 7.85 Å². The van der Waals surface area contributed by atoms with Gasteiger partial charge in [-0.2, -0.15) is 0 Å². The summed E-state index contributed by atoms with van der Waals surface area (Å²) >= 11 is 0. The van der Waals surface area contributed by atoms with Gasteiger partial charge >= 0.3 is 0 Å². The molecule has 0 rings (SSSR count). The molecule has 1 unspecified atom stereocenters. The van der Waals surface area contributed by atoms with E-state index in [1.807, 2.05) is 0 Å². The Bertz CT molecular complexity index is 20.9. The van der Waals surface area contributed by atoms with Crippen LogP contribution in [0.3, 0.4) is 0 Å². The van der Waals surface area contributed by atoms with Crippen LogP contribution in [0.4, 0.5) is 4.39 Å². The van der Waals surface area contributed by atoms with Crippen LogP contribution >= 0.6 is 0 Å². The minimum Gasteiger partial charge on any atom is -0.259 e. The quantitative estimate of drug-likeness (QED) is 0.403. The fourth-order valence-corrected chi connectivity index (χ4v) is 0. The van der Waals surface area contributed by atoms with E-state index in [2.05, 4.69) is 7.85 Å². The third kappa shape index (κ3) is 3.99. The largest absolute Gasteiger partial charge is 0.259 e. The minimum atomic E-state index is -1.12. The molecule has 0 saturated carbocycles. The zero-order chi connectivity index (χ0) is 4.28. The predicted molar refractivity (Wildman–Crippen MR) is 20.9 cm³/mol. The summed E-state index contributed by atoms with van der Waals surface area (Å²) in [7, 11) is 4.62. The van der Waals surface area contributed by atoms with Gasteiger partial charge in [-0.15, -0.1) is 0 Å². The molecule has 1 atom stereocenters. The Hall–Kier alpha value is -0.00506. The molecule has 0 N–H and O–H groups in total. The number of hydrogen-bond donors (Lipinski definition) is 0. The minimum absolute atomic E-state index is 0.417. The van der Waals surface area contributed by atoms with Gasteiger partial charge in [0.2, 0.25) is 0 Å². The van der Waals surface area contributed by atoms with E-state index >= 15 is 0 Å². The lowest BCUT2D eigenvalue weighted by molar-refractivity contribution is 0.433. The maximum absolute atomic E-state index is 11.2. The molecule has 0 aromatic carbocycles. The van der Waals surface area contributed by atoms with Gasteiger partial charge in [0, 0.05) is 0 Å². The number of rotatable bonds is 1. The second-order valence-corrected chi connectivity index (χ2v) is 0.924. The molecule has 2 heteroatoms. The first-order valence-electron chi connectivity index (χ1n) is 1.67. The summed E-state index contributed by atoms with van der Waals surface area (Å²) in [4.78, 5) is 0. The van der Waals surface area contributed by atoms with Crippen LogP contribution in [0.1, 0.15) is 13.3 Å². The molecule has 0 saturated heterocycles. The maximum atomic E-state index is 11.2. The SMILES string of the molecule is [B]C(F)CC. The fourth-order valence-electron chi connectivity index (χ4n) is 0. The van der Waals surface area contributed by atoms with E-state index in [-0.39, 0.29) is 0 Å². The molecule has 0 spiro atoms. The molecule has 0 amide bonds. The van der Waals surface area contributed by atoms with Gasteiger partial charge in [0.15, 0.2) is 0 Å². The highest BCUT2D eigenvalue weighted by atomic mass is 19.1. The number of hydrogen-bond acceptors (Lipinski definition) is 0. The molecule has 0 aliphatic rings. The van der Waals surface area contributed by atoms with Crippen molar-refractivity contribution in [2.75, 3.05) is 0 Å². The third-order valence-corrected chi connectivity index (χ3v) is 0.390. The molecule has 0 aromatic rings. The van der Waals surface area contributed by atoms with Gasteiger partial charge in [-0.1, -0.05) is 6.92 Å². The van der Waals surface area contributed by atoms with Crippen LogP contribution < -0.4 is 0 Å². The highest BCUT2D eigenvalue weighted by Gasteiger charge is 1.85. The maximum Gasteiger partial charge on any atom is 0.116 e. The molecule has 0 aliphatic heterocycles. The van der Waals surface area contributed by atoms with Gasteiger partial charge in [0.25, 0.3) is 0 Å². The number of halogens is 1. The van der Waals surface area contributed by atoms with E-state index in [0.29, 0.717) is 6.42 Å². The molecule has 0 heterocycles. The topological polar surface area (TPSA) is 0 Å². The van der Waals surface area contributed by atoms with E-state index in [9.17, 15) is 4.39 Å². The summed E-state index contributed by atoms with van der Waals surface area (Å²) in [5, 5.41) is 0. The zero-order valence-electron chi connectivity index (χ0n) is 3.24. The second-order valence-electron chi connectivity index (χ2n) is 0.924. The van der Waals surface area contributed by atoms with Gasteiger partial charge in [-0.05, 0) is 6.42 Å². The van der Waals surface area contributed by atoms with Crippen LogP contribution in [0.2, 0.25) is 0 Å². The first kappa shape index (κ1) is 4.99. The standard InChI is InChI=1S/C3H6BF/c1-2-3(4)5/h3H,2H2,1H3. The Labute approximate surface area is 32.8 Å². The second kappa shape index (κ2) is 2.25. The first-order valence-corrected chi connectivity index (χ1v) is 1.67. The van der Waals surface area contributed by atoms with Crippen LogP contribution in [-0.4, -0.2) is 13.9 Å². The average Bonchev–Trinajstić information content (AvgIpc) is 1.38. The molecule has 28 valence electrons. The van der Waals surface area contributed by atoms with Crippen molar-refractivity contribution < 1.29 is 4.39 Å². The van der Waals surface area contributed by atoms with Crippen molar-refractivity contribution in [2.24, 2.45) is 0 Å². The molecule has 0 aliphatic carbocycles. The van der Waals surface area contributed by atoms with Crippen LogP contribution in [0.15, 0.2) is 0 Å². The van der Waals surface area contributed by atoms with E-state index in [1.54, 1.807) is 6.92 Å². The van der Waals surface area contributed by atoms with Crippen molar-refractivity contribution in [3.05, 3.63) is 0 Å². The Balaban J connectivity index is 2.54. The van der Waals surface area contributed by atoms with Crippen LogP contribution in [0, 0.1) is 0 Å². The summed E-state index contributed by atoms with van der Waals surface area (Å²) in [6, 6.07) is 0. The molecule has 0 aromatic heterocycles. The lowest BCUT2D eigenvalue weighted by Gasteiger charge is -1.86. The normalized spacial score (nSPS) is 14.8. The van der Waals surface area contributed by atoms with Crippen LogP contribution in [-0.2, 0) is 0 Å². The fraction of sp³-hybridized carbons (Fsp3) is 1.00. The lowest BCUT2D eigenvalue weighted by Crippen LogP contribution is -1.92. The summed E-state index contributed by atoms with van der Waals surface area (Å²) in [5.41, 5.74) is 0. The lowest BCUT2D eigenvalue weighted by atomic mass is 10.0. The predicted octanol–water partition coefficient (Wildman–Crippen LogP) is 0.860. The van der Waals surface area contributed by atoms with E-state index in [4.69, 9.17) is 0 Å². The smallest absolute Gasteiger partial charge is 0.116 e. The average molecular weight is 71.9 g/mol.